The predicted molar refractivity (Wildman–Crippen MR) is 64.4 cm³/mol. The van der Waals surface area contributed by atoms with E-state index in [1.165, 1.54) is 4.79 Å². The third-order valence-corrected chi connectivity index (χ3v) is 2.97. The van der Waals surface area contributed by atoms with Crippen LogP contribution < -0.4 is 5.84 Å². The van der Waals surface area contributed by atoms with Crippen molar-refractivity contribution in [3.8, 4) is 0 Å². The molecule has 0 aliphatic rings. The van der Waals surface area contributed by atoms with Crippen molar-refractivity contribution in [1.82, 2.24) is 14.5 Å². The summed E-state index contributed by atoms with van der Waals surface area (Å²) in [4.78, 5) is 1.19. The van der Waals surface area contributed by atoms with E-state index in [0.717, 1.165) is 10.0 Å². The molecule has 1 aromatic carbocycles. The number of nitrogens with zero attached hydrogens (tertiary/aromatic N) is 3. The van der Waals surface area contributed by atoms with Gasteiger partial charge < -0.3 is 10.4 Å². The SMILES string of the molecule is Nn1ncn(Cc2ccc(Br)cc2)c1=S. The van der Waals surface area contributed by atoms with Crippen LogP contribution in [-0.2, 0) is 6.54 Å². The number of aromatic nitrogens is 3. The van der Waals surface area contributed by atoms with Crippen LogP contribution in [0.4, 0.5) is 0 Å². The molecule has 1 heterocycles. The van der Waals surface area contributed by atoms with Crippen LogP contribution in [0.25, 0.3) is 0 Å². The molecule has 0 aliphatic carbocycles. The van der Waals surface area contributed by atoms with Crippen molar-refractivity contribution in [3.63, 3.8) is 0 Å². The van der Waals surface area contributed by atoms with Gasteiger partial charge in [-0.05, 0) is 29.9 Å². The first-order valence-electron chi connectivity index (χ1n) is 4.31. The zero-order valence-corrected chi connectivity index (χ0v) is 10.2. The second-order valence-electron chi connectivity index (χ2n) is 3.11. The summed E-state index contributed by atoms with van der Waals surface area (Å²) in [5, 5.41) is 3.87. The van der Waals surface area contributed by atoms with Gasteiger partial charge >= 0.3 is 0 Å². The van der Waals surface area contributed by atoms with Gasteiger partial charge in [0.05, 0.1) is 6.54 Å². The van der Waals surface area contributed by atoms with Crippen LogP contribution in [0, 0.1) is 4.77 Å². The molecule has 0 saturated carbocycles. The number of nitrogens with two attached hydrogens (primary N) is 1. The highest BCUT2D eigenvalue weighted by molar-refractivity contribution is 9.10. The maximum Gasteiger partial charge on any atom is 0.219 e. The van der Waals surface area contributed by atoms with Crippen LogP contribution >= 0.6 is 28.1 Å². The van der Waals surface area contributed by atoms with Crippen LogP contribution in [0.1, 0.15) is 5.56 Å². The minimum absolute atomic E-state index is 0.512. The lowest BCUT2D eigenvalue weighted by Gasteiger charge is -2.01. The molecule has 0 atom stereocenters. The lowest BCUT2D eigenvalue weighted by molar-refractivity contribution is 0.754. The molecule has 6 heteroatoms. The van der Waals surface area contributed by atoms with Crippen LogP contribution in [0.3, 0.4) is 0 Å². The highest BCUT2D eigenvalue weighted by Crippen LogP contribution is 2.11. The third-order valence-electron chi connectivity index (χ3n) is 2.02. The van der Waals surface area contributed by atoms with Gasteiger partial charge in [0.2, 0.25) is 4.77 Å². The number of rotatable bonds is 2. The molecule has 4 nitrogen and oxygen atoms in total. The van der Waals surface area contributed by atoms with E-state index in [-0.39, 0.29) is 0 Å². The average molecular weight is 285 g/mol. The molecular formula is C9H9BrN4S. The van der Waals surface area contributed by atoms with Crippen LogP contribution in [0.15, 0.2) is 35.1 Å². The lowest BCUT2D eigenvalue weighted by atomic mass is 10.2. The Balaban J connectivity index is 2.26. The van der Waals surface area contributed by atoms with Crippen molar-refractivity contribution in [2.75, 3.05) is 5.84 Å². The Morgan fingerprint density at radius 1 is 1.33 bits per heavy atom. The monoisotopic (exact) mass is 284 g/mol. The highest BCUT2D eigenvalue weighted by atomic mass is 79.9. The normalized spacial score (nSPS) is 10.5. The molecule has 0 bridgehead atoms. The van der Waals surface area contributed by atoms with Crippen molar-refractivity contribution in [3.05, 3.63) is 45.4 Å². The fourth-order valence-corrected chi connectivity index (χ4v) is 1.67. The van der Waals surface area contributed by atoms with Gasteiger partial charge in [0, 0.05) is 4.47 Å². The Morgan fingerprint density at radius 3 is 2.53 bits per heavy atom. The Kier molecular flexibility index (Phi) is 2.88. The summed E-state index contributed by atoms with van der Waals surface area (Å²) in [6.45, 7) is 0.684. The topological polar surface area (TPSA) is 48.8 Å². The number of benzene rings is 1. The number of nitrogen functional groups attached to an aromatic ring is 1. The van der Waals surface area contributed by atoms with Crippen LogP contribution in [0.5, 0.6) is 0 Å². The Hall–Kier alpha value is -1.14. The van der Waals surface area contributed by atoms with E-state index in [1.54, 1.807) is 6.33 Å². The van der Waals surface area contributed by atoms with Crippen molar-refractivity contribution < 1.29 is 0 Å². The first-order chi connectivity index (χ1) is 7.16. The molecule has 15 heavy (non-hydrogen) atoms. The largest absolute Gasteiger partial charge is 0.320 e. The Bertz CT molecular complexity index is 514. The second kappa shape index (κ2) is 4.16. The molecule has 0 radical (unpaired) electrons. The molecule has 0 fully saturated rings. The standard InChI is InChI=1S/C9H9BrN4S/c10-8-3-1-7(2-4-8)5-13-6-12-14(11)9(13)15/h1-4,6H,5,11H2. The van der Waals surface area contributed by atoms with Crippen LogP contribution in [0.2, 0.25) is 0 Å². The maximum atomic E-state index is 5.49. The summed E-state index contributed by atoms with van der Waals surface area (Å²) in [5.41, 5.74) is 1.15. The van der Waals surface area contributed by atoms with Gasteiger partial charge in [0.15, 0.2) is 0 Å². The van der Waals surface area contributed by atoms with Gasteiger partial charge in [-0.25, -0.2) is 0 Å². The van der Waals surface area contributed by atoms with Crippen LogP contribution in [-0.4, -0.2) is 14.5 Å². The number of hydrogen-bond donors (Lipinski definition) is 1. The average Bonchev–Trinajstić information content (AvgIpc) is 2.53. The molecule has 0 saturated heterocycles. The van der Waals surface area contributed by atoms with Crippen molar-refractivity contribution in [2.24, 2.45) is 0 Å². The minimum Gasteiger partial charge on any atom is -0.320 e. The molecule has 0 aliphatic heterocycles. The number of hydrogen-bond acceptors (Lipinski definition) is 3. The highest BCUT2D eigenvalue weighted by Gasteiger charge is 1.99. The summed E-state index contributed by atoms with van der Waals surface area (Å²) in [7, 11) is 0. The number of halogens is 1. The molecule has 2 N–H and O–H groups in total. The molecule has 2 aromatic rings. The fraction of sp³-hybridized carbons (Fsp3) is 0.111. The van der Waals surface area contributed by atoms with Crippen molar-refractivity contribution >= 4 is 28.1 Å². The van der Waals surface area contributed by atoms with Gasteiger partial charge in [0.1, 0.15) is 6.33 Å². The predicted octanol–water partition coefficient (Wildman–Crippen LogP) is 1.94. The quantitative estimate of drug-likeness (QED) is 0.677. The fourth-order valence-electron chi connectivity index (χ4n) is 1.24. The van der Waals surface area contributed by atoms with E-state index in [1.807, 2.05) is 28.8 Å². The van der Waals surface area contributed by atoms with Gasteiger partial charge in [-0.15, -0.1) is 5.10 Å². The molecule has 2 rings (SSSR count). The van der Waals surface area contributed by atoms with E-state index in [0.29, 0.717) is 11.3 Å². The maximum absolute atomic E-state index is 5.49. The second-order valence-corrected chi connectivity index (χ2v) is 4.39. The van der Waals surface area contributed by atoms with E-state index in [4.69, 9.17) is 18.1 Å². The van der Waals surface area contributed by atoms with Gasteiger partial charge in [-0.3, -0.25) is 0 Å². The first-order valence-corrected chi connectivity index (χ1v) is 5.51. The smallest absolute Gasteiger partial charge is 0.219 e. The van der Waals surface area contributed by atoms with E-state index in [9.17, 15) is 0 Å². The first kappa shape index (κ1) is 10.4. The summed E-state index contributed by atoms with van der Waals surface area (Å²) < 4.78 is 3.39. The Morgan fingerprint density at radius 2 is 2.00 bits per heavy atom. The lowest BCUT2D eigenvalue weighted by Crippen LogP contribution is -2.11. The molecule has 0 spiro atoms. The zero-order chi connectivity index (χ0) is 10.8. The zero-order valence-electron chi connectivity index (χ0n) is 7.80. The van der Waals surface area contributed by atoms with Gasteiger partial charge in [-0.2, -0.15) is 4.79 Å². The summed E-state index contributed by atoms with van der Waals surface area (Å²) >= 11 is 8.47. The van der Waals surface area contributed by atoms with E-state index < -0.39 is 0 Å². The third kappa shape index (κ3) is 2.27. The minimum atomic E-state index is 0.512. The molecule has 0 unspecified atom stereocenters. The summed E-state index contributed by atoms with van der Waals surface area (Å²) in [6.07, 6.45) is 1.63. The van der Waals surface area contributed by atoms with E-state index in [2.05, 4.69) is 21.0 Å². The van der Waals surface area contributed by atoms with Gasteiger partial charge in [-0.1, -0.05) is 28.1 Å². The van der Waals surface area contributed by atoms with Crippen molar-refractivity contribution in [2.45, 2.75) is 6.54 Å². The molecule has 0 amide bonds. The Labute approximate surface area is 100 Å². The van der Waals surface area contributed by atoms with E-state index >= 15 is 0 Å². The van der Waals surface area contributed by atoms with Gasteiger partial charge in [0.25, 0.3) is 0 Å². The summed E-state index contributed by atoms with van der Waals surface area (Å²) in [6, 6.07) is 8.04. The van der Waals surface area contributed by atoms with Crippen molar-refractivity contribution in [1.29, 1.82) is 0 Å². The molecule has 78 valence electrons. The molecular weight excluding hydrogens is 276 g/mol. The molecule has 1 aromatic heterocycles. The summed E-state index contributed by atoms with van der Waals surface area (Å²) in [5.74, 6) is 5.49.